The number of benzene rings is 1. The Hall–Kier alpha value is -1.66. The zero-order valence-corrected chi connectivity index (χ0v) is 12.8. The number of anilines is 1. The van der Waals surface area contributed by atoms with Gasteiger partial charge in [-0.1, -0.05) is 17.4 Å². The zero-order chi connectivity index (χ0) is 14.8. The molecule has 3 rings (SSSR count). The number of nitrogens with one attached hydrogen (secondary N) is 1. The molecule has 0 radical (unpaired) electrons. The van der Waals surface area contributed by atoms with Gasteiger partial charge in [-0.3, -0.25) is 4.79 Å². The first kappa shape index (κ1) is 14.3. The molecule has 2 aromatic rings. The van der Waals surface area contributed by atoms with Crippen LogP contribution in [0.5, 0.6) is 0 Å². The summed E-state index contributed by atoms with van der Waals surface area (Å²) in [5.74, 6) is -0.0369. The van der Waals surface area contributed by atoms with E-state index in [1.54, 1.807) is 7.11 Å². The number of amides is 1. The summed E-state index contributed by atoms with van der Waals surface area (Å²) in [6.45, 7) is 0. The van der Waals surface area contributed by atoms with Gasteiger partial charge in [0.2, 0.25) is 0 Å². The SMILES string of the molecule is COC1CCC(NC(=O)c2cccc3nc(N)sc23)CC1. The summed E-state index contributed by atoms with van der Waals surface area (Å²) >= 11 is 1.36. The van der Waals surface area contributed by atoms with Crippen molar-refractivity contribution in [3.05, 3.63) is 23.8 Å². The summed E-state index contributed by atoms with van der Waals surface area (Å²) in [5, 5.41) is 3.62. The lowest BCUT2D eigenvalue weighted by Gasteiger charge is -2.28. The van der Waals surface area contributed by atoms with Gasteiger partial charge in [0.15, 0.2) is 5.13 Å². The number of aromatic nitrogens is 1. The maximum absolute atomic E-state index is 12.5. The van der Waals surface area contributed by atoms with Gasteiger partial charge in [0, 0.05) is 13.2 Å². The van der Waals surface area contributed by atoms with Crippen LogP contribution in [-0.4, -0.2) is 30.1 Å². The normalized spacial score (nSPS) is 22.3. The van der Waals surface area contributed by atoms with Crippen molar-refractivity contribution in [2.75, 3.05) is 12.8 Å². The minimum Gasteiger partial charge on any atom is -0.381 e. The van der Waals surface area contributed by atoms with Crippen LogP contribution in [0.3, 0.4) is 0 Å². The maximum atomic E-state index is 12.5. The molecule has 5 nitrogen and oxygen atoms in total. The Morgan fingerprint density at radius 2 is 2.14 bits per heavy atom. The molecule has 1 aromatic carbocycles. The van der Waals surface area contributed by atoms with E-state index < -0.39 is 0 Å². The predicted molar refractivity (Wildman–Crippen MR) is 84.6 cm³/mol. The smallest absolute Gasteiger partial charge is 0.253 e. The van der Waals surface area contributed by atoms with Crippen molar-refractivity contribution in [1.82, 2.24) is 10.3 Å². The number of hydrogen-bond acceptors (Lipinski definition) is 5. The van der Waals surface area contributed by atoms with Crippen molar-refractivity contribution in [3.63, 3.8) is 0 Å². The second-order valence-corrected chi connectivity index (χ2v) is 6.42. The first-order valence-corrected chi connectivity index (χ1v) is 7.97. The lowest BCUT2D eigenvalue weighted by atomic mass is 9.93. The molecule has 1 aliphatic rings. The van der Waals surface area contributed by atoms with Gasteiger partial charge in [0.05, 0.1) is 21.9 Å². The molecule has 0 bridgehead atoms. The molecular weight excluding hydrogens is 286 g/mol. The second-order valence-electron chi connectivity index (χ2n) is 5.39. The summed E-state index contributed by atoms with van der Waals surface area (Å²) in [6, 6.07) is 5.78. The topological polar surface area (TPSA) is 77.2 Å². The average Bonchev–Trinajstić information content (AvgIpc) is 2.87. The second kappa shape index (κ2) is 5.99. The molecule has 21 heavy (non-hydrogen) atoms. The molecule has 0 spiro atoms. The highest BCUT2D eigenvalue weighted by atomic mass is 32.1. The van der Waals surface area contributed by atoms with E-state index in [0.29, 0.717) is 16.8 Å². The van der Waals surface area contributed by atoms with E-state index in [9.17, 15) is 4.79 Å². The van der Waals surface area contributed by atoms with Crippen LogP contribution in [0.25, 0.3) is 10.2 Å². The molecule has 0 aliphatic heterocycles. The molecular formula is C15H19N3O2S. The van der Waals surface area contributed by atoms with Gasteiger partial charge in [-0.05, 0) is 37.8 Å². The van der Waals surface area contributed by atoms with Gasteiger partial charge in [0.1, 0.15) is 0 Å². The summed E-state index contributed by atoms with van der Waals surface area (Å²) in [5.41, 5.74) is 7.18. The van der Waals surface area contributed by atoms with Crippen LogP contribution < -0.4 is 11.1 Å². The average molecular weight is 305 g/mol. The third kappa shape index (κ3) is 3.01. The number of rotatable bonds is 3. The van der Waals surface area contributed by atoms with E-state index in [1.165, 1.54) is 11.3 Å². The van der Waals surface area contributed by atoms with E-state index in [-0.39, 0.29) is 11.9 Å². The number of thiazole rings is 1. The van der Waals surface area contributed by atoms with E-state index in [0.717, 1.165) is 35.9 Å². The molecule has 6 heteroatoms. The Morgan fingerprint density at radius 3 is 2.86 bits per heavy atom. The van der Waals surface area contributed by atoms with Crippen LogP contribution >= 0.6 is 11.3 Å². The highest BCUT2D eigenvalue weighted by Gasteiger charge is 2.23. The number of methoxy groups -OCH3 is 1. The fourth-order valence-corrected chi connectivity index (χ4v) is 3.69. The first-order valence-electron chi connectivity index (χ1n) is 7.16. The Bertz CT molecular complexity index is 647. The Morgan fingerprint density at radius 1 is 1.38 bits per heavy atom. The molecule has 112 valence electrons. The monoisotopic (exact) mass is 305 g/mol. The van der Waals surface area contributed by atoms with Gasteiger partial charge in [0.25, 0.3) is 5.91 Å². The number of hydrogen-bond donors (Lipinski definition) is 2. The van der Waals surface area contributed by atoms with Crippen molar-refractivity contribution < 1.29 is 9.53 Å². The van der Waals surface area contributed by atoms with Crippen molar-refractivity contribution in [1.29, 1.82) is 0 Å². The fraction of sp³-hybridized carbons (Fsp3) is 0.467. The largest absolute Gasteiger partial charge is 0.381 e. The van der Waals surface area contributed by atoms with E-state index in [4.69, 9.17) is 10.5 Å². The van der Waals surface area contributed by atoms with Crippen molar-refractivity contribution in [2.24, 2.45) is 0 Å². The van der Waals surface area contributed by atoms with Gasteiger partial charge in [-0.15, -0.1) is 0 Å². The molecule has 0 saturated heterocycles. The van der Waals surface area contributed by atoms with Crippen molar-refractivity contribution in [2.45, 2.75) is 37.8 Å². The first-order chi connectivity index (χ1) is 10.2. The van der Waals surface area contributed by atoms with Crippen molar-refractivity contribution in [3.8, 4) is 0 Å². The zero-order valence-electron chi connectivity index (χ0n) is 12.0. The third-order valence-corrected chi connectivity index (χ3v) is 4.95. The van der Waals surface area contributed by atoms with Gasteiger partial charge < -0.3 is 15.8 Å². The maximum Gasteiger partial charge on any atom is 0.253 e. The number of carbonyl (C=O) groups is 1. The van der Waals surface area contributed by atoms with E-state index in [2.05, 4.69) is 10.3 Å². The molecule has 0 unspecified atom stereocenters. The van der Waals surface area contributed by atoms with Crippen LogP contribution in [0.1, 0.15) is 36.0 Å². The van der Waals surface area contributed by atoms with Crippen LogP contribution in [-0.2, 0) is 4.74 Å². The summed E-state index contributed by atoms with van der Waals surface area (Å²) in [7, 11) is 1.75. The number of ether oxygens (including phenoxy) is 1. The minimum atomic E-state index is -0.0369. The van der Waals surface area contributed by atoms with Gasteiger partial charge in [-0.25, -0.2) is 4.98 Å². The number of carbonyl (C=O) groups excluding carboxylic acids is 1. The molecule has 3 N–H and O–H groups in total. The molecule has 1 amide bonds. The third-order valence-electron chi connectivity index (χ3n) is 4.02. The number of nitrogen functional groups attached to an aromatic ring is 1. The van der Waals surface area contributed by atoms with Crippen LogP contribution in [0, 0.1) is 0 Å². The Balaban J connectivity index is 1.73. The van der Waals surface area contributed by atoms with E-state index in [1.807, 2.05) is 18.2 Å². The van der Waals surface area contributed by atoms with Crippen molar-refractivity contribution >= 4 is 32.6 Å². The molecule has 1 fully saturated rings. The highest BCUT2D eigenvalue weighted by molar-refractivity contribution is 7.22. The molecule has 1 saturated carbocycles. The summed E-state index contributed by atoms with van der Waals surface area (Å²) < 4.78 is 6.22. The Kier molecular flexibility index (Phi) is 4.07. The molecule has 1 aromatic heterocycles. The van der Waals surface area contributed by atoms with Crippen LogP contribution in [0.4, 0.5) is 5.13 Å². The number of fused-ring (bicyclic) bond motifs is 1. The minimum absolute atomic E-state index is 0.0369. The molecule has 0 atom stereocenters. The molecule has 1 aliphatic carbocycles. The van der Waals surface area contributed by atoms with Crippen LogP contribution in [0.15, 0.2) is 18.2 Å². The number of nitrogens with two attached hydrogens (primary N) is 1. The lowest BCUT2D eigenvalue weighted by Crippen LogP contribution is -2.38. The van der Waals surface area contributed by atoms with Crippen LogP contribution in [0.2, 0.25) is 0 Å². The lowest BCUT2D eigenvalue weighted by molar-refractivity contribution is 0.0599. The predicted octanol–water partition coefficient (Wildman–Crippen LogP) is 2.57. The number of nitrogens with zero attached hydrogens (tertiary/aromatic N) is 1. The van der Waals surface area contributed by atoms with Gasteiger partial charge >= 0.3 is 0 Å². The summed E-state index contributed by atoms with van der Waals surface area (Å²) in [4.78, 5) is 16.7. The quantitative estimate of drug-likeness (QED) is 0.913. The van der Waals surface area contributed by atoms with Gasteiger partial charge in [-0.2, -0.15) is 0 Å². The van der Waals surface area contributed by atoms with E-state index >= 15 is 0 Å². The highest BCUT2D eigenvalue weighted by Crippen LogP contribution is 2.28. The molecule has 1 heterocycles. The standard InChI is InChI=1S/C15H19N3O2S/c1-20-10-7-5-9(6-8-10)17-14(19)11-3-2-4-12-13(11)21-15(16)18-12/h2-4,9-10H,5-8H2,1H3,(H2,16,18)(H,17,19). The fourth-order valence-electron chi connectivity index (χ4n) is 2.85. The Labute approximate surface area is 127 Å². The summed E-state index contributed by atoms with van der Waals surface area (Å²) in [6.07, 6.45) is 4.26.